The van der Waals surface area contributed by atoms with Crippen LogP contribution in [0.25, 0.3) is 0 Å². The van der Waals surface area contributed by atoms with E-state index in [2.05, 4.69) is 0 Å². The second-order valence-corrected chi connectivity index (χ2v) is 7.23. The number of rotatable bonds is 2. The van der Waals surface area contributed by atoms with Gasteiger partial charge in [-0.25, -0.2) is 4.39 Å². The van der Waals surface area contributed by atoms with Crippen molar-refractivity contribution < 1.29 is 23.2 Å². The number of nitrogens with zero attached hydrogens (tertiary/aromatic N) is 1. The van der Waals surface area contributed by atoms with E-state index in [1.807, 2.05) is 27.7 Å². The van der Waals surface area contributed by atoms with Gasteiger partial charge in [0.25, 0.3) is 5.91 Å². The first-order valence-electron chi connectivity index (χ1n) is 8.23. The minimum atomic E-state index is -0.775. The molecular weight excluding hydrogens is 312 g/mol. The Hall–Kier alpha value is -1.44. The Morgan fingerprint density at radius 3 is 2.25 bits per heavy atom. The van der Waals surface area contributed by atoms with Crippen molar-refractivity contribution in [3.8, 4) is 0 Å². The van der Waals surface area contributed by atoms with Gasteiger partial charge in [-0.05, 0) is 39.8 Å². The summed E-state index contributed by atoms with van der Waals surface area (Å²) in [7, 11) is -0.775. The third-order valence-corrected chi connectivity index (χ3v) is 5.05. The van der Waals surface area contributed by atoms with Crippen LogP contribution < -0.4 is 5.46 Å². The normalized spacial score (nSPS) is 22.7. The standard InChI is InChI=1S/C17H23BFNO4/c1-16(2)17(3,4)24-18(23-16)13-6-5-12(11-14(13)19)15(21)20-7-9-22-10-8-20/h5-6,11H,7-10H2,1-4H3. The van der Waals surface area contributed by atoms with Gasteiger partial charge in [0.15, 0.2) is 0 Å². The van der Waals surface area contributed by atoms with Crippen LogP contribution in [0.4, 0.5) is 4.39 Å². The summed E-state index contributed by atoms with van der Waals surface area (Å²) in [6, 6.07) is 4.46. The van der Waals surface area contributed by atoms with Gasteiger partial charge in [-0.1, -0.05) is 6.07 Å². The van der Waals surface area contributed by atoms with Gasteiger partial charge in [-0.2, -0.15) is 0 Å². The smallest absolute Gasteiger partial charge is 0.399 e. The number of hydrogen-bond donors (Lipinski definition) is 0. The summed E-state index contributed by atoms with van der Waals surface area (Å²) < 4.78 is 31.6. The first kappa shape index (κ1) is 17.4. The third kappa shape index (κ3) is 3.08. The predicted molar refractivity (Wildman–Crippen MR) is 88.8 cm³/mol. The van der Waals surface area contributed by atoms with Crippen LogP contribution >= 0.6 is 0 Å². The molecule has 0 spiro atoms. The monoisotopic (exact) mass is 335 g/mol. The van der Waals surface area contributed by atoms with Crippen LogP contribution in [0.3, 0.4) is 0 Å². The molecule has 1 amide bonds. The Balaban J connectivity index is 1.79. The third-order valence-electron chi connectivity index (χ3n) is 5.05. The maximum atomic E-state index is 14.6. The minimum Gasteiger partial charge on any atom is -0.399 e. The Bertz CT molecular complexity index is 627. The van der Waals surface area contributed by atoms with Gasteiger partial charge in [0.1, 0.15) is 5.82 Å². The summed E-state index contributed by atoms with van der Waals surface area (Å²) in [6.45, 7) is 9.75. The molecule has 0 unspecified atom stereocenters. The first-order chi connectivity index (χ1) is 11.2. The number of halogens is 1. The van der Waals surface area contributed by atoms with Crippen LogP contribution in [-0.4, -0.2) is 55.4 Å². The van der Waals surface area contributed by atoms with Crippen molar-refractivity contribution >= 4 is 18.5 Å². The van der Waals surface area contributed by atoms with Crippen LogP contribution in [0.15, 0.2) is 18.2 Å². The summed E-state index contributed by atoms with van der Waals surface area (Å²) in [4.78, 5) is 14.1. The molecule has 0 N–H and O–H groups in total. The van der Waals surface area contributed by atoms with Crippen molar-refractivity contribution in [2.75, 3.05) is 26.3 Å². The molecule has 0 bridgehead atoms. The fraction of sp³-hybridized carbons (Fsp3) is 0.588. The Kier molecular flexibility index (Phi) is 4.44. The molecular formula is C17H23BFNO4. The zero-order valence-corrected chi connectivity index (χ0v) is 14.6. The van der Waals surface area contributed by atoms with Gasteiger partial charge in [-0.3, -0.25) is 4.79 Å². The molecule has 24 heavy (non-hydrogen) atoms. The van der Waals surface area contributed by atoms with E-state index in [-0.39, 0.29) is 5.91 Å². The highest BCUT2D eigenvalue weighted by Gasteiger charge is 2.52. The summed E-state index contributed by atoms with van der Waals surface area (Å²) >= 11 is 0. The van der Waals surface area contributed by atoms with Gasteiger partial charge in [0.05, 0.1) is 24.4 Å². The molecule has 2 aliphatic heterocycles. The number of hydrogen-bond acceptors (Lipinski definition) is 4. The molecule has 5 nitrogen and oxygen atoms in total. The number of carbonyl (C=O) groups excluding carboxylic acids is 1. The van der Waals surface area contributed by atoms with Crippen LogP contribution in [0.5, 0.6) is 0 Å². The highest BCUT2D eigenvalue weighted by atomic mass is 19.1. The molecule has 1 aromatic rings. The van der Waals surface area contributed by atoms with E-state index in [4.69, 9.17) is 14.0 Å². The molecule has 0 atom stereocenters. The topological polar surface area (TPSA) is 48.0 Å². The second kappa shape index (κ2) is 6.13. The van der Waals surface area contributed by atoms with Crippen molar-refractivity contribution in [1.82, 2.24) is 4.90 Å². The number of ether oxygens (including phenoxy) is 1. The van der Waals surface area contributed by atoms with Gasteiger partial charge in [-0.15, -0.1) is 0 Å². The van der Waals surface area contributed by atoms with Crippen LogP contribution in [0.1, 0.15) is 38.1 Å². The molecule has 0 aliphatic carbocycles. The highest BCUT2D eigenvalue weighted by molar-refractivity contribution is 6.62. The molecule has 2 fully saturated rings. The van der Waals surface area contributed by atoms with E-state index in [0.29, 0.717) is 37.3 Å². The highest BCUT2D eigenvalue weighted by Crippen LogP contribution is 2.36. The summed E-state index contributed by atoms with van der Waals surface area (Å²) in [6.07, 6.45) is 0. The van der Waals surface area contributed by atoms with Crippen molar-refractivity contribution in [3.63, 3.8) is 0 Å². The van der Waals surface area contributed by atoms with Crippen LogP contribution in [-0.2, 0) is 14.0 Å². The molecule has 1 aromatic carbocycles. The SMILES string of the molecule is CC1(C)OB(c2ccc(C(=O)N3CCOCC3)cc2F)OC1(C)C. The molecule has 0 radical (unpaired) electrons. The summed E-state index contributed by atoms with van der Waals surface area (Å²) in [5.41, 5.74) is -0.430. The lowest BCUT2D eigenvalue weighted by atomic mass is 9.78. The lowest BCUT2D eigenvalue weighted by Gasteiger charge is -2.32. The molecule has 130 valence electrons. The number of morpholine rings is 1. The molecule has 2 aliphatic rings. The molecule has 0 saturated carbocycles. The number of carbonyl (C=O) groups is 1. The Morgan fingerprint density at radius 1 is 1.12 bits per heavy atom. The average molecular weight is 335 g/mol. The fourth-order valence-corrected chi connectivity index (χ4v) is 2.77. The van der Waals surface area contributed by atoms with E-state index in [1.165, 1.54) is 6.07 Å². The maximum Gasteiger partial charge on any atom is 0.497 e. The minimum absolute atomic E-state index is 0.183. The van der Waals surface area contributed by atoms with E-state index < -0.39 is 24.1 Å². The van der Waals surface area contributed by atoms with Crippen molar-refractivity contribution in [3.05, 3.63) is 29.6 Å². The van der Waals surface area contributed by atoms with E-state index in [1.54, 1.807) is 17.0 Å². The Labute approximate surface area is 142 Å². The van der Waals surface area contributed by atoms with Gasteiger partial charge in [0.2, 0.25) is 0 Å². The summed E-state index contributed by atoms with van der Waals surface area (Å²) in [5, 5.41) is 0. The van der Waals surface area contributed by atoms with Gasteiger partial charge < -0.3 is 18.9 Å². The quantitative estimate of drug-likeness (QED) is 0.771. The molecule has 2 saturated heterocycles. The lowest BCUT2D eigenvalue weighted by Crippen LogP contribution is -2.41. The molecule has 3 rings (SSSR count). The molecule has 0 aromatic heterocycles. The Morgan fingerprint density at radius 2 is 1.71 bits per heavy atom. The molecule has 2 heterocycles. The van der Waals surface area contributed by atoms with Crippen LogP contribution in [0, 0.1) is 5.82 Å². The largest absolute Gasteiger partial charge is 0.497 e. The first-order valence-corrected chi connectivity index (χ1v) is 8.23. The summed E-state index contributed by atoms with van der Waals surface area (Å²) in [5.74, 6) is -0.676. The maximum absolute atomic E-state index is 14.6. The number of amides is 1. The average Bonchev–Trinajstić information content (AvgIpc) is 2.75. The van der Waals surface area contributed by atoms with Crippen molar-refractivity contribution in [2.45, 2.75) is 38.9 Å². The van der Waals surface area contributed by atoms with E-state index in [0.717, 1.165) is 0 Å². The second-order valence-electron chi connectivity index (χ2n) is 7.23. The molecule has 7 heteroatoms. The van der Waals surface area contributed by atoms with Gasteiger partial charge in [0, 0.05) is 24.1 Å². The van der Waals surface area contributed by atoms with Crippen LogP contribution in [0.2, 0.25) is 0 Å². The van der Waals surface area contributed by atoms with E-state index in [9.17, 15) is 9.18 Å². The zero-order valence-electron chi connectivity index (χ0n) is 14.6. The van der Waals surface area contributed by atoms with Gasteiger partial charge >= 0.3 is 7.12 Å². The number of benzene rings is 1. The van der Waals surface area contributed by atoms with E-state index >= 15 is 0 Å². The predicted octanol–water partition coefficient (Wildman–Crippen LogP) is 1.60. The van der Waals surface area contributed by atoms with Crippen molar-refractivity contribution in [2.24, 2.45) is 0 Å². The van der Waals surface area contributed by atoms with Crippen molar-refractivity contribution in [1.29, 1.82) is 0 Å². The zero-order chi connectivity index (χ0) is 17.5. The lowest BCUT2D eigenvalue weighted by molar-refractivity contribution is 0.00578. The fourth-order valence-electron chi connectivity index (χ4n) is 2.77.